The molecule has 1 aliphatic carbocycles. The maximum atomic E-state index is 12.3. The molecule has 0 radical (unpaired) electrons. The minimum Gasteiger partial charge on any atom is -0.294 e. The van der Waals surface area contributed by atoms with Crippen molar-refractivity contribution in [3.05, 3.63) is 51.3 Å². The van der Waals surface area contributed by atoms with E-state index < -0.39 is 0 Å². The van der Waals surface area contributed by atoms with E-state index in [1.165, 1.54) is 35.6 Å². The van der Waals surface area contributed by atoms with Gasteiger partial charge in [0.1, 0.15) is 0 Å². The predicted octanol–water partition coefficient (Wildman–Crippen LogP) is 3.40. The van der Waals surface area contributed by atoms with Crippen LogP contribution >= 0.6 is 0 Å². The van der Waals surface area contributed by atoms with Gasteiger partial charge in [-0.15, -0.1) is 0 Å². The number of carbonyl (C=O) groups is 1. The molecule has 0 atom stereocenters. The third-order valence-electron chi connectivity index (χ3n) is 4.43. The van der Waals surface area contributed by atoms with E-state index in [0.29, 0.717) is 12.2 Å². The Morgan fingerprint density at radius 3 is 2.61 bits per heavy atom. The summed E-state index contributed by atoms with van der Waals surface area (Å²) >= 11 is 0. The Morgan fingerprint density at radius 2 is 1.91 bits per heavy atom. The highest BCUT2D eigenvalue weighted by Gasteiger charge is 2.15. The highest BCUT2D eigenvalue weighted by molar-refractivity contribution is 5.94. The van der Waals surface area contributed by atoms with Crippen molar-refractivity contribution in [1.82, 2.24) is 9.78 Å². The molecule has 0 amide bonds. The molecular formula is C19H22N2O2. The second-order valence-electron chi connectivity index (χ2n) is 6.22. The number of nitrogens with zero attached hydrogens (tertiary/aromatic N) is 2. The molecule has 0 aliphatic heterocycles. The zero-order chi connectivity index (χ0) is 16.4. The third kappa shape index (κ3) is 3.11. The summed E-state index contributed by atoms with van der Waals surface area (Å²) in [6.45, 7) is 3.95. The van der Waals surface area contributed by atoms with Crippen molar-refractivity contribution in [3.8, 4) is 11.3 Å². The van der Waals surface area contributed by atoms with Crippen LogP contribution in [0.25, 0.3) is 11.3 Å². The summed E-state index contributed by atoms with van der Waals surface area (Å²) in [5, 5.41) is 4.48. The topological polar surface area (TPSA) is 52.0 Å². The van der Waals surface area contributed by atoms with E-state index >= 15 is 0 Å². The van der Waals surface area contributed by atoms with Gasteiger partial charge in [0.2, 0.25) is 0 Å². The monoisotopic (exact) mass is 310 g/mol. The van der Waals surface area contributed by atoms with Gasteiger partial charge >= 0.3 is 0 Å². The molecule has 0 N–H and O–H groups in total. The van der Waals surface area contributed by atoms with Crippen molar-refractivity contribution in [2.75, 3.05) is 0 Å². The number of hydrogen-bond donors (Lipinski definition) is 0. The Balaban J connectivity index is 2.12. The Hall–Kier alpha value is -2.23. The van der Waals surface area contributed by atoms with Crippen LogP contribution in [0.4, 0.5) is 0 Å². The highest BCUT2D eigenvalue weighted by Crippen LogP contribution is 2.26. The van der Waals surface area contributed by atoms with Crippen molar-refractivity contribution in [2.45, 2.75) is 52.5 Å². The fraction of sp³-hybridized carbons (Fsp3) is 0.421. The quantitative estimate of drug-likeness (QED) is 0.813. The van der Waals surface area contributed by atoms with Gasteiger partial charge in [-0.25, -0.2) is 4.68 Å². The largest absolute Gasteiger partial charge is 0.294 e. The smallest absolute Gasteiger partial charge is 0.277 e. The van der Waals surface area contributed by atoms with Crippen LogP contribution in [-0.2, 0) is 19.4 Å². The molecule has 0 fully saturated rings. The van der Waals surface area contributed by atoms with Crippen LogP contribution in [0.3, 0.4) is 0 Å². The second-order valence-corrected chi connectivity index (χ2v) is 6.22. The first-order valence-electron chi connectivity index (χ1n) is 8.35. The van der Waals surface area contributed by atoms with Gasteiger partial charge < -0.3 is 0 Å². The number of Topliss-reactive ketones (excluding diaryl/α,β-unsaturated/α-hetero) is 1. The van der Waals surface area contributed by atoms with Gasteiger partial charge in [0, 0.05) is 12.1 Å². The second kappa shape index (κ2) is 6.49. The zero-order valence-electron chi connectivity index (χ0n) is 13.8. The molecule has 1 heterocycles. The lowest BCUT2D eigenvalue weighted by Gasteiger charge is -2.17. The first kappa shape index (κ1) is 15.7. The van der Waals surface area contributed by atoms with Gasteiger partial charge in [-0.2, -0.15) is 5.10 Å². The summed E-state index contributed by atoms with van der Waals surface area (Å²) in [4.78, 5) is 24.1. The van der Waals surface area contributed by atoms with Crippen LogP contribution in [0.15, 0.2) is 29.1 Å². The minimum atomic E-state index is -0.291. The number of carbonyl (C=O) groups excluding carboxylic acids is 1. The lowest BCUT2D eigenvalue weighted by molar-refractivity contribution is 0.101. The summed E-state index contributed by atoms with van der Waals surface area (Å²) in [6, 6.07) is 8.02. The third-order valence-corrected chi connectivity index (χ3v) is 4.43. The van der Waals surface area contributed by atoms with Crippen molar-refractivity contribution in [2.24, 2.45) is 0 Å². The number of ketones is 1. The number of aromatic nitrogens is 2. The lowest BCUT2D eigenvalue weighted by atomic mass is 9.90. The van der Waals surface area contributed by atoms with Crippen molar-refractivity contribution < 1.29 is 4.79 Å². The molecule has 0 bridgehead atoms. The zero-order valence-corrected chi connectivity index (χ0v) is 13.8. The van der Waals surface area contributed by atoms with Crippen LogP contribution in [-0.4, -0.2) is 15.6 Å². The van der Waals surface area contributed by atoms with E-state index in [4.69, 9.17) is 0 Å². The Bertz CT molecular complexity index is 806. The number of aryl methyl sites for hydroxylation is 3. The van der Waals surface area contributed by atoms with Crippen LogP contribution < -0.4 is 5.56 Å². The summed E-state index contributed by atoms with van der Waals surface area (Å²) in [7, 11) is 0. The molecule has 0 spiro atoms. The van der Waals surface area contributed by atoms with E-state index in [9.17, 15) is 9.59 Å². The van der Waals surface area contributed by atoms with E-state index in [1.807, 2.05) is 6.92 Å². The van der Waals surface area contributed by atoms with E-state index in [0.717, 1.165) is 24.8 Å². The molecular weight excluding hydrogens is 288 g/mol. The normalized spacial score (nSPS) is 13.7. The molecule has 4 nitrogen and oxygen atoms in total. The van der Waals surface area contributed by atoms with Crippen LogP contribution in [0, 0.1) is 0 Å². The summed E-state index contributed by atoms with van der Waals surface area (Å²) in [6.07, 6.45) is 5.50. The van der Waals surface area contributed by atoms with E-state index in [-0.39, 0.29) is 16.9 Å². The molecule has 0 saturated carbocycles. The Kier molecular flexibility index (Phi) is 4.42. The molecule has 3 rings (SSSR count). The van der Waals surface area contributed by atoms with Crippen LogP contribution in [0.5, 0.6) is 0 Å². The number of hydrogen-bond acceptors (Lipinski definition) is 3. The molecule has 1 aromatic carbocycles. The average molecular weight is 310 g/mol. The average Bonchev–Trinajstić information content (AvgIpc) is 2.56. The summed E-state index contributed by atoms with van der Waals surface area (Å²) in [5.41, 5.74) is 4.40. The highest BCUT2D eigenvalue weighted by atomic mass is 16.1. The van der Waals surface area contributed by atoms with Crippen LogP contribution in [0.2, 0.25) is 0 Å². The van der Waals surface area contributed by atoms with E-state index in [2.05, 4.69) is 23.3 Å². The van der Waals surface area contributed by atoms with Crippen LogP contribution in [0.1, 0.15) is 54.6 Å². The molecule has 0 unspecified atom stereocenters. The summed E-state index contributed by atoms with van der Waals surface area (Å²) < 4.78 is 1.42. The Morgan fingerprint density at radius 1 is 1.17 bits per heavy atom. The summed E-state index contributed by atoms with van der Waals surface area (Å²) in [5.74, 6) is -0.207. The molecule has 1 aromatic heterocycles. The standard InChI is InChI=1S/C19H22N2O2/c1-3-10-21-19(23)17(13(2)22)12-18(20-21)16-9-8-14-6-4-5-7-15(14)11-16/h8-9,11-12H,3-7,10H2,1-2H3. The number of benzene rings is 1. The molecule has 4 heteroatoms. The van der Waals surface area contributed by atoms with E-state index in [1.54, 1.807) is 6.07 Å². The SMILES string of the molecule is CCCn1nc(-c2ccc3c(c2)CCCC3)cc(C(C)=O)c1=O. The molecule has 23 heavy (non-hydrogen) atoms. The fourth-order valence-corrected chi connectivity index (χ4v) is 3.19. The van der Waals surface area contributed by atoms with Crippen molar-refractivity contribution in [1.29, 1.82) is 0 Å². The first-order valence-corrected chi connectivity index (χ1v) is 8.35. The first-order chi connectivity index (χ1) is 11.1. The van der Waals surface area contributed by atoms with Gasteiger partial charge in [0.05, 0.1) is 11.3 Å². The Labute approximate surface area is 136 Å². The molecule has 0 saturated heterocycles. The predicted molar refractivity (Wildman–Crippen MR) is 90.9 cm³/mol. The lowest BCUT2D eigenvalue weighted by Crippen LogP contribution is -2.28. The molecule has 2 aromatic rings. The number of fused-ring (bicyclic) bond motifs is 1. The molecule has 120 valence electrons. The van der Waals surface area contributed by atoms with Gasteiger partial charge in [0.25, 0.3) is 5.56 Å². The minimum absolute atomic E-state index is 0.207. The van der Waals surface area contributed by atoms with Gasteiger partial charge in [-0.3, -0.25) is 9.59 Å². The van der Waals surface area contributed by atoms with Crippen molar-refractivity contribution in [3.63, 3.8) is 0 Å². The van der Waals surface area contributed by atoms with Gasteiger partial charge in [0.15, 0.2) is 5.78 Å². The van der Waals surface area contributed by atoms with Gasteiger partial charge in [-0.1, -0.05) is 19.1 Å². The number of rotatable bonds is 4. The van der Waals surface area contributed by atoms with Gasteiger partial charge in [-0.05, 0) is 62.3 Å². The maximum Gasteiger partial charge on any atom is 0.277 e. The fourth-order valence-electron chi connectivity index (χ4n) is 3.19. The molecule has 1 aliphatic rings. The maximum absolute atomic E-state index is 12.3. The van der Waals surface area contributed by atoms with Crippen molar-refractivity contribution >= 4 is 5.78 Å².